The van der Waals surface area contributed by atoms with E-state index in [4.69, 9.17) is 14.6 Å². The third-order valence-electron chi connectivity index (χ3n) is 6.53. The fourth-order valence-electron chi connectivity index (χ4n) is 4.92. The number of carbonyl (C=O) groups is 1. The van der Waals surface area contributed by atoms with Crippen LogP contribution in [0, 0.1) is 0 Å². The average Bonchev–Trinajstić information content (AvgIpc) is 3.17. The van der Waals surface area contributed by atoms with Crippen LogP contribution in [0.1, 0.15) is 49.7 Å². The minimum absolute atomic E-state index is 0.135. The number of likely N-dealkylation sites (tertiary alicyclic amines) is 1. The van der Waals surface area contributed by atoms with E-state index in [0.717, 1.165) is 48.5 Å². The summed E-state index contributed by atoms with van der Waals surface area (Å²) in [6.07, 6.45) is 1.98. The number of aromatic amines is 1. The molecule has 2 heterocycles. The Morgan fingerprint density at radius 2 is 1.81 bits per heavy atom. The number of hydrogen-bond donors (Lipinski definition) is 2. The molecule has 0 aliphatic carbocycles. The van der Waals surface area contributed by atoms with Gasteiger partial charge < -0.3 is 19.6 Å². The van der Waals surface area contributed by atoms with E-state index in [1.165, 1.54) is 16.5 Å². The van der Waals surface area contributed by atoms with Crippen LogP contribution in [0.5, 0.6) is 11.5 Å². The van der Waals surface area contributed by atoms with Crippen molar-refractivity contribution in [2.24, 2.45) is 0 Å². The molecule has 0 spiro atoms. The lowest BCUT2D eigenvalue weighted by molar-refractivity contribution is -0.138. The maximum Gasteiger partial charge on any atom is 0.317 e. The van der Waals surface area contributed by atoms with Crippen molar-refractivity contribution >= 4 is 16.9 Å². The predicted molar refractivity (Wildman–Crippen MR) is 127 cm³/mol. The van der Waals surface area contributed by atoms with Crippen LogP contribution in [0.2, 0.25) is 0 Å². The Morgan fingerprint density at radius 1 is 1.09 bits per heavy atom. The van der Waals surface area contributed by atoms with Gasteiger partial charge in [0, 0.05) is 16.5 Å². The van der Waals surface area contributed by atoms with Gasteiger partial charge in [0.05, 0.1) is 26.5 Å². The summed E-state index contributed by atoms with van der Waals surface area (Å²) in [6, 6.07) is 12.8. The molecule has 1 aliphatic rings. The molecule has 2 aromatic carbocycles. The lowest BCUT2D eigenvalue weighted by Gasteiger charge is -2.31. The summed E-state index contributed by atoms with van der Waals surface area (Å²) in [5.74, 6) is 1.49. The number of carboxylic acid groups (broad SMARTS) is 1. The molecule has 1 fully saturated rings. The zero-order chi connectivity index (χ0) is 22.8. The highest BCUT2D eigenvalue weighted by Crippen LogP contribution is 2.40. The summed E-state index contributed by atoms with van der Waals surface area (Å²) in [6.45, 7) is 6.25. The van der Waals surface area contributed by atoms with Gasteiger partial charge in [-0.2, -0.15) is 0 Å². The molecule has 0 unspecified atom stereocenters. The molecule has 1 aliphatic heterocycles. The minimum Gasteiger partial charge on any atom is -0.493 e. The number of benzene rings is 2. The van der Waals surface area contributed by atoms with Gasteiger partial charge in [-0.1, -0.05) is 19.9 Å². The predicted octanol–water partition coefficient (Wildman–Crippen LogP) is 5.24. The van der Waals surface area contributed by atoms with Crippen LogP contribution in [0.25, 0.3) is 22.2 Å². The summed E-state index contributed by atoms with van der Waals surface area (Å²) in [7, 11) is 3.30. The second kappa shape index (κ2) is 9.25. The SMILES string of the molecule is COc1ccc(-c2[nH]c3ccc(C4CCN(CC(=O)O)CC4)cc3c2C(C)C)cc1OC. The van der Waals surface area contributed by atoms with E-state index in [-0.39, 0.29) is 6.54 Å². The Hall–Kier alpha value is -2.99. The van der Waals surface area contributed by atoms with Crippen LogP contribution in [0.3, 0.4) is 0 Å². The zero-order valence-corrected chi connectivity index (χ0v) is 19.3. The number of piperidine rings is 1. The Kier molecular flexibility index (Phi) is 6.42. The van der Waals surface area contributed by atoms with Crippen LogP contribution in [-0.4, -0.2) is 54.8 Å². The molecule has 2 N–H and O–H groups in total. The number of rotatable bonds is 7. The standard InChI is InChI=1S/C26H32N2O4/c1-16(2)25-20-13-18(17-9-11-28(12-10-17)15-24(29)30)5-7-21(20)27-26(25)19-6-8-22(31-3)23(14-19)32-4/h5-8,13-14,16-17,27H,9-12,15H2,1-4H3,(H,29,30). The maximum absolute atomic E-state index is 11.0. The summed E-state index contributed by atoms with van der Waals surface area (Å²) >= 11 is 0. The smallest absolute Gasteiger partial charge is 0.317 e. The first-order valence-electron chi connectivity index (χ1n) is 11.2. The Morgan fingerprint density at radius 3 is 2.44 bits per heavy atom. The molecule has 6 nitrogen and oxygen atoms in total. The molecule has 1 aromatic heterocycles. The molecule has 170 valence electrons. The highest BCUT2D eigenvalue weighted by Gasteiger charge is 2.24. The summed E-state index contributed by atoms with van der Waals surface area (Å²) in [4.78, 5) is 16.7. The van der Waals surface area contributed by atoms with E-state index in [1.807, 2.05) is 17.0 Å². The van der Waals surface area contributed by atoms with Crippen molar-refractivity contribution in [1.82, 2.24) is 9.88 Å². The number of hydrogen-bond acceptors (Lipinski definition) is 4. The number of nitrogens with zero attached hydrogens (tertiary/aromatic N) is 1. The third-order valence-corrected chi connectivity index (χ3v) is 6.53. The number of H-pyrrole nitrogens is 1. The number of carboxylic acids is 1. The van der Waals surface area contributed by atoms with Crippen molar-refractivity contribution in [3.63, 3.8) is 0 Å². The van der Waals surface area contributed by atoms with Gasteiger partial charge in [0.1, 0.15) is 0 Å². The van der Waals surface area contributed by atoms with Crippen LogP contribution < -0.4 is 9.47 Å². The van der Waals surface area contributed by atoms with E-state index in [1.54, 1.807) is 14.2 Å². The molecule has 4 rings (SSSR count). The van der Waals surface area contributed by atoms with Crippen molar-refractivity contribution in [3.8, 4) is 22.8 Å². The van der Waals surface area contributed by atoms with Crippen molar-refractivity contribution in [2.45, 2.75) is 38.5 Å². The van der Waals surface area contributed by atoms with E-state index in [0.29, 0.717) is 17.6 Å². The fraction of sp³-hybridized carbons (Fsp3) is 0.423. The van der Waals surface area contributed by atoms with E-state index < -0.39 is 5.97 Å². The van der Waals surface area contributed by atoms with Crippen LogP contribution in [0.15, 0.2) is 36.4 Å². The maximum atomic E-state index is 11.0. The Bertz CT molecular complexity index is 1110. The number of ether oxygens (including phenoxy) is 2. The lowest BCUT2D eigenvalue weighted by atomic mass is 9.87. The Balaban J connectivity index is 1.69. The first-order valence-corrected chi connectivity index (χ1v) is 11.2. The lowest BCUT2D eigenvalue weighted by Crippen LogP contribution is -2.36. The first kappa shape index (κ1) is 22.2. The van der Waals surface area contributed by atoms with Crippen molar-refractivity contribution in [2.75, 3.05) is 33.9 Å². The van der Waals surface area contributed by atoms with Gasteiger partial charge >= 0.3 is 5.97 Å². The van der Waals surface area contributed by atoms with Crippen molar-refractivity contribution in [3.05, 3.63) is 47.5 Å². The molecule has 1 saturated heterocycles. The minimum atomic E-state index is -0.749. The molecule has 6 heteroatoms. The van der Waals surface area contributed by atoms with Crippen molar-refractivity contribution in [1.29, 1.82) is 0 Å². The molecular formula is C26H32N2O4. The first-order chi connectivity index (χ1) is 15.4. The molecule has 0 radical (unpaired) electrons. The molecular weight excluding hydrogens is 404 g/mol. The monoisotopic (exact) mass is 436 g/mol. The molecule has 32 heavy (non-hydrogen) atoms. The normalized spacial score (nSPS) is 15.4. The average molecular weight is 437 g/mol. The summed E-state index contributed by atoms with van der Waals surface area (Å²) < 4.78 is 10.9. The second-order valence-corrected chi connectivity index (χ2v) is 8.89. The van der Waals surface area contributed by atoms with Gasteiger partial charge in [0.25, 0.3) is 0 Å². The largest absolute Gasteiger partial charge is 0.493 e. The van der Waals surface area contributed by atoms with Crippen molar-refractivity contribution < 1.29 is 19.4 Å². The highest BCUT2D eigenvalue weighted by atomic mass is 16.5. The summed E-state index contributed by atoms with van der Waals surface area (Å²) in [5, 5.41) is 10.3. The van der Waals surface area contributed by atoms with Gasteiger partial charge in [-0.3, -0.25) is 9.69 Å². The molecule has 0 saturated carbocycles. The van der Waals surface area contributed by atoms with Gasteiger partial charge in [-0.15, -0.1) is 0 Å². The molecule has 0 atom stereocenters. The number of aliphatic carboxylic acids is 1. The number of nitrogens with one attached hydrogen (secondary N) is 1. The van der Waals surface area contributed by atoms with E-state index in [2.05, 4.69) is 43.1 Å². The fourth-order valence-corrected chi connectivity index (χ4v) is 4.92. The van der Waals surface area contributed by atoms with Crippen LogP contribution in [-0.2, 0) is 4.79 Å². The third kappa shape index (κ3) is 4.32. The van der Waals surface area contributed by atoms with Crippen LogP contribution >= 0.6 is 0 Å². The van der Waals surface area contributed by atoms with Gasteiger partial charge in [-0.05, 0) is 79.2 Å². The molecule has 0 bridgehead atoms. The highest BCUT2D eigenvalue weighted by molar-refractivity contribution is 5.92. The van der Waals surface area contributed by atoms with E-state index in [9.17, 15) is 4.79 Å². The van der Waals surface area contributed by atoms with Gasteiger partial charge in [-0.25, -0.2) is 0 Å². The number of methoxy groups -OCH3 is 2. The number of aromatic nitrogens is 1. The Labute approximate surface area is 189 Å². The van der Waals surface area contributed by atoms with Crippen LogP contribution in [0.4, 0.5) is 0 Å². The molecule has 0 amide bonds. The zero-order valence-electron chi connectivity index (χ0n) is 19.3. The summed E-state index contributed by atoms with van der Waals surface area (Å²) in [5.41, 5.74) is 5.96. The second-order valence-electron chi connectivity index (χ2n) is 8.89. The quantitative estimate of drug-likeness (QED) is 0.530. The molecule has 3 aromatic rings. The van der Waals surface area contributed by atoms with Gasteiger partial charge in [0.15, 0.2) is 11.5 Å². The van der Waals surface area contributed by atoms with Gasteiger partial charge in [0.2, 0.25) is 0 Å². The number of fused-ring (bicyclic) bond motifs is 1. The topological polar surface area (TPSA) is 74.8 Å². The van der Waals surface area contributed by atoms with E-state index >= 15 is 0 Å².